The van der Waals surface area contributed by atoms with Crippen molar-refractivity contribution in [2.75, 3.05) is 11.4 Å². The van der Waals surface area contributed by atoms with Crippen LogP contribution >= 0.6 is 11.8 Å². The van der Waals surface area contributed by atoms with Crippen LogP contribution in [0.1, 0.15) is 37.6 Å². The molecular formula is C18H22N4OS. The molecule has 3 heterocycles. The minimum absolute atomic E-state index is 0.160. The van der Waals surface area contributed by atoms with Crippen molar-refractivity contribution >= 4 is 23.4 Å². The van der Waals surface area contributed by atoms with Crippen molar-refractivity contribution in [2.24, 2.45) is 0 Å². The first-order chi connectivity index (χ1) is 11.7. The lowest BCUT2D eigenvalue weighted by molar-refractivity contribution is -0.117. The van der Waals surface area contributed by atoms with Crippen LogP contribution in [0.3, 0.4) is 0 Å². The molecule has 6 heteroatoms. The number of anilines is 1. The van der Waals surface area contributed by atoms with Gasteiger partial charge in [-0.15, -0.1) is 10.2 Å². The molecule has 0 N–H and O–H groups in total. The highest BCUT2D eigenvalue weighted by Gasteiger charge is 2.29. The molecule has 1 unspecified atom stereocenters. The maximum Gasteiger partial charge on any atom is 0.240 e. The average molecular weight is 342 g/mol. The summed E-state index contributed by atoms with van der Waals surface area (Å²) in [7, 11) is 0. The molecule has 24 heavy (non-hydrogen) atoms. The van der Waals surface area contributed by atoms with Crippen LogP contribution in [0.5, 0.6) is 0 Å². The monoisotopic (exact) mass is 342 g/mol. The second-order valence-electron chi connectivity index (χ2n) is 6.49. The number of carbonyl (C=O) groups is 1. The van der Waals surface area contributed by atoms with Gasteiger partial charge in [0.2, 0.25) is 5.91 Å². The lowest BCUT2D eigenvalue weighted by atomic mass is 10.2. The Morgan fingerprint density at radius 2 is 2.00 bits per heavy atom. The van der Waals surface area contributed by atoms with Crippen molar-refractivity contribution in [3.63, 3.8) is 0 Å². The summed E-state index contributed by atoms with van der Waals surface area (Å²) in [6, 6.07) is 8.19. The number of carbonyl (C=O) groups excluding carboxylic acids is 1. The summed E-state index contributed by atoms with van der Waals surface area (Å²) in [6.45, 7) is 3.73. The summed E-state index contributed by atoms with van der Waals surface area (Å²) < 4.78 is 2.21. The van der Waals surface area contributed by atoms with E-state index in [0.29, 0.717) is 0 Å². The zero-order valence-corrected chi connectivity index (χ0v) is 14.8. The highest BCUT2D eigenvalue weighted by Crippen LogP contribution is 2.31. The van der Waals surface area contributed by atoms with Gasteiger partial charge >= 0.3 is 0 Å². The Hall–Kier alpha value is -1.82. The summed E-state index contributed by atoms with van der Waals surface area (Å²) in [5.74, 6) is 1.23. The second kappa shape index (κ2) is 6.59. The molecule has 5 nitrogen and oxygen atoms in total. The van der Waals surface area contributed by atoms with Crippen LogP contribution in [0.4, 0.5) is 5.69 Å². The third kappa shape index (κ3) is 2.83. The minimum atomic E-state index is -0.160. The fourth-order valence-corrected chi connectivity index (χ4v) is 4.50. The molecule has 0 aliphatic carbocycles. The summed E-state index contributed by atoms with van der Waals surface area (Å²) >= 11 is 1.54. The molecule has 1 amide bonds. The Morgan fingerprint density at radius 3 is 2.92 bits per heavy atom. The van der Waals surface area contributed by atoms with Gasteiger partial charge in [-0.25, -0.2) is 0 Å². The molecule has 2 aliphatic rings. The van der Waals surface area contributed by atoms with Crippen LogP contribution in [-0.2, 0) is 24.2 Å². The summed E-state index contributed by atoms with van der Waals surface area (Å²) in [5, 5.41) is 9.40. The second-order valence-corrected chi connectivity index (χ2v) is 7.80. The fourth-order valence-electron chi connectivity index (χ4n) is 3.54. The van der Waals surface area contributed by atoms with E-state index in [1.165, 1.54) is 24.8 Å². The molecule has 126 valence electrons. The van der Waals surface area contributed by atoms with E-state index in [1.54, 1.807) is 11.8 Å². The Bertz CT molecular complexity index is 757. The first-order valence-corrected chi connectivity index (χ1v) is 9.60. The zero-order chi connectivity index (χ0) is 16.5. The van der Waals surface area contributed by atoms with Gasteiger partial charge in [0.05, 0.1) is 5.25 Å². The van der Waals surface area contributed by atoms with E-state index >= 15 is 0 Å². The van der Waals surface area contributed by atoms with Gasteiger partial charge in [-0.3, -0.25) is 4.79 Å². The van der Waals surface area contributed by atoms with E-state index in [9.17, 15) is 4.79 Å². The van der Waals surface area contributed by atoms with Crippen LogP contribution in [0.2, 0.25) is 0 Å². The van der Waals surface area contributed by atoms with Crippen molar-refractivity contribution < 1.29 is 4.79 Å². The molecule has 0 spiro atoms. The van der Waals surface area contributed by atoms with Crippen molar-refractivity contribution in [1.82, 2.24) is 14.8 Å². The number of para-hydroxylation sites is 1. The molecule has 0 fully saturated rings. The quantitative estimate of drug-likeness (QED) is 0.805. The smallest absolute Gasteiger partial charge is 0.240 e. The van der Waals surface area contributed by atoms with Gasteiger partial charge in [-0.05, 0) is 37.8 Å². The largest absolute Gasteiger partial charge is 0.311 e. The maximum absolute atomic E-state index is 12.9. The number of benzene rings is 1. The van der Waals surface area contributed by atoms with Crippen LogP contribution in [-0.4, -0.2) is 32.5 Å². The van der Waals surface area contributed by atoms with E-state index in [2.05, 4.69) is 20.8 Å². The van der Waals surface area contributed by atoms with Crippen LogP contribution < -0.4 is 4.90 Å². The van der Waals surface area contributed by atoms with Gasteiger partial charge in [-0.2, -0.15) is 0 Å². The van der Waals surface area contributed by atoms with Gasteiger partial charge < -0.3 is 9.47 Å². The average Bonchev–Trinajstić information content (AvgIpc) is 3.11. The molecule has 2 aromatic rings. The Morgan fingerprint density at radius 1 is 1.12 bits per heavy atom. The van der Waals surface area contributed by atoms with E-state index < -0.39 is 0 Å². The number of aryl methyl sites for hydroxylation is 1. The molecule has 1 aromatic heterocycles. The molecule has 0 radical (unpaired) electrons. The van der Waals surface area contributed by atoms with Crippen molar-refractivity contribution in [2.45, 2.75) is 56.0 Å². The summed E-state index contributed by atoms with van der Waals surface area (Å²) in [6.07, 6.45) is 5.53. The predicted molar refractivity (Wildman–Crippen MR) is 95.4 cm³/mol. The van der Waals surface area contributed by atoms with E-state index in [1.807, 2.05) is 30.0 Å². The molecule has 2 aliphatic heterocycles. The SMILES string of the molecule is CC(Sc1nnc2n1CCCCC2)C(=O)N1CCc2ccccc21. The highest BCUT2D eigenvalue weighted by molar-refractivity contribution is 8.00. The Kier molecular flexibility index (Phi) is 4.31. The van der Waals surface area contributed by atoms with Crippen molar-refractivity contribution in [3.8, 4) is 0 Å². The summed E-state index contributed by atoms with van der Waals surface area (Å²) in [4.78, 5) is 14.8. The number of nitrogens with zero attached hydrogens (tertiary/aromatic N) is 4. The molecule has 1 atom stereocenters. The Balaban J connectivity index is 1.50. The third-order valence-electron chi connectivity index (χ3n) is 4.86. The number of hydrogen-bond donors (Lipinski definition) is 0. The topological polar surface area (TPSA) is 51.0 Å². The van der Waals surface area contributed by atoms with Gasteiger partial charge in [0.15, 0.2) is 5.16 Å². The standard InChI is InChI=1S/C18H22N4OS/c1-13(17(23)21-12-10-14-7-4-5-8-15(14)21)24-18-20-19-16-9-3-2-6-11-22(16)18/h4-5,7-8,13H,2-3,6,9-12H2,1H3. The third-order valence-corrected chi connectivity index (χ3v) is 5.93. The molecule has 4 rings (SSSR count). The van der Waals surface area contributed by atoms with E-state index in [4.69, 9.17) is 0 Å². The molecular weight excluding hydrogens is 320 g/mol. The number of aromatic nitrogens is 3. The van der Waals surface area contributed by atoms with E-state index in [0.717, 1.165) is 42.6 Å². The zero-order valence-electron chi connectivity index (χ0n) is 13.9. The number of amides is 1. The predicted octanol–water partition coefficient (Wildman–Crippen LogP) is 3.07. The van der Waals surface area contributed by atoms with Gasteiger partial charge in [-0.1, -0.05) is 36.4 Å². The molecule has 0 saturated carbocycles. The molecule has 1 aromatic carbocycles. The molecule has 0 bridgehead atoms. The maximum atomic E-state index is 12.9. The highest BCUT2D eigenvalue weighted by atomic mass is 32.2. The number of hydrogen-bond acceptors (Lipinski definition) is 4. The number of thioether (sulfide) groups is 1. The summed E-state index contributed by atoms with van der Waals surface area (Å²) in [5.41, 5.74) is 2.33. The number of fused-ring (bicyclic) bond motifs is 2. The van der Waals surface area contributed by atoms with Gasteiger partial charge in [0.25, 0.3) is 0 Å². The van der Waals surface area contributed by atoms with E-state index in [-0.39, 0.29) is 11.2 Å². The Labute approximate surface area is 146 Å². The van der Waals surface area contributed by atoms with Gasteiger partial charge in [0.1, 0.15) is 5.82 Å². The first kappa shape index (κ1) is 15.7. The van der Waals surface area contributed by atoms with Gasteiger partial charge in [0, 0.05) is 25.2 Å². The van der Waals surface area contributed by atoms with Crippen LogP contribution in [0.15, 0.2) is 29.4 Å². The minimum Gasteiger partial charge on any atom is -0.311 e. The van der Waals surface area contributed by atoms with Crippen LogP contribution in [0, 0.1) is 0 Å². The first-order valence-electron chi connectivity index (χ1n) is 8.72. The molecule has 0 saturated heterocycles. The van der Waals surface area contributed by atoms with Crippen molar-refractivity contribution in [1.29, 1.82) is 0 Å². The van der Waals surface area contributed by atoms with Crippen LogP contribution in [0.25, 0.3) is 0 Å². The van der Waals surface area contributed by atoms with Crippen molar-refractivity contribution in [3.05, 3.63) is 35.7 Å². The number of rotatable bonds is 3. The lowest BCUT2D eigenvalue weighted by Crippen LogP contribution is -2.35. The fraction of sp³-hybridized carbons (Fsp3) is 0.500. The lowest BCUT2D eigenvalue weighted by Gasteiger charge is -2.21. The normalized spacial score (nSPS) is 18.0.